The van der Waals surface area contributed by atoms with E-state index < -0.39 is 22.5 Å². The quantitative estimate of drug-likeness (QED) is 0.220. The third-order valence-electron chi connectivity index (χ3n) is 5.01. The van der Waals surface area contributed by atoms with Crippen LogP contribution in [0, 0.1) is 10.1 Å². The Bertz CT molecular complexity index is 1430. The lowest BCUT2D eigenvalue weighted by Crippen LogP contribution is -2.29. The van der Waals surface area contributed by atoms with E-state index in [0.29, 0.717) is 5.56 Å². The van der Waals surface area contributed by atoms with Crippen LogP contribution >= 0.6 is 0 Å². The summed E-state index contributed by atoms with van der Waals surface area (Å²) in [4.78, 5) is 42.5. The largest absolute Gasteiger partial charge is 0.382 e. The summed E-state index contributed by atoms with van der Waals surface area (Å²) in [5, 5.41) is 26.1. The molecule has 4 rings (SSSR count). The van der Waals surface area contributed by atoms with E-state index in [0.717, 1.165) is 5.56 Å². The minimum Gasteiger partial charge on any atom is -0.382 e. The average molecular weight is 457 g/mol. The first-order chi connectivity index (χ1) is 16.4. The molecule has 10 heteroatoms. The maximum atomic E-state index is 12.8. The number of rotatable bonds is 7. The number of carbonyl (C=O) groups is 1. The zero-order valence-electron chi connectivity index (χ0n) is 17.7. The minimum atomic E-state index is -1.37. The van der Waals surface area contributed by atoms with Gasteiger partial charge in [-0.3, -0.25) is 19.7 Å². The smallest absolute Gasteiger partial charge is 0.276 e. The lowest BCUT2D eigenvalue weighted by atomic mass is 10.0. The first-order valence-corrected chi connectivity index (χ1v) is 10.2. The van der Waals surface area contributed by atoms with Crippen LogP contribution in [0.15, 0.2) is 88.8 Å². The van der Waals surface area contributed by atoms with Crippen molar-refractivity contribution in [2.75, 3.05) is 0 Å². The standard InChI is InChI=1S/C24H19N5O5/c30-20(13-15-7-3-1-4-8-15)27-28-21(23(31)16-9-5-2-6-10-16)22-24(32)26-19-14-17(29(33)34)11-12-18(19)25-22/h1-12,14,23,31H,13H2,(H,26,32)(H,27,30)/b28-21+/t23-/m1/s1. The van der Waals surface area contributed by atoms with Crippen LogP contribution in [0.1, 0.15) is 22.9 Å². The number of fused-ring (bicyclic) bond motifs is 1. The van der Waals surface area contributed by atoms with Gasteiger partial charge in [-0.05, 0) is 17.2 Å². The molecule has 0 saturated carbocycles. The topological polar surface area (TPSA) is 151 Å². The highest BCUT2D eigenvalue weighted by Gasteiger charge is 2.23. The van der Waals surface area contributed by atoms with Crippen molar-refractivity contribution in [2.45, 2.75) is 12.5 Å². The fourth-order valence-corrected chi connectivity index (χ4v) is 3.34. The number of aromatic nitrogens is 2. The number of amides is 1. The highest BCUT2D eigenvalue weighted by Crippen LogP contribution is 2.20. The second-order valence-corrected chi connectivity index (χ2v) is 7.38. The molecule has 1 aromatic heterocycles. The zero-order valence-corrected chi connectivity index (χ0v) is 17.7. The maximum absolute atomic E-state index is 12.8. The van der Waals surface area contributed by atoms with Gasteiger partial charge in [-0.1, -0.05) is 60.7 Å². The third-order valence-corrected chi connectivity index (χ3v) is 5.01. The van der Waals surface area contributed by atoms with Crippen molar-refractivity contribution in [2.24, 2.45) is 5.10 Å². The number of hydrogen-bond donors (Lipinski definition) is 3. The Labute approximate surface area is 192 Å². The summed E-state index contributed by atoms with van der Waals surface area (Å²) in [6.45, 7) is 0. The van der Waals surface area contributed by atoms with Crippen molar-refractivity contribution < 1.29 is 14.8 Å². The van der Waals surface area contributed by atoms with Crippen LogP contribution in [0.3, 0.4) is 0 Å². The summed E-state index contributed by atoms with van der Waals surface area (Å²) in [5.41, 5.74) is 2.67. The molecule has 0 fully saturated rings. The molecule has 0 spiro atoms. The second-order valence-electron chi connectivity index (χ2n) is 7.38. The number of aliphatic hydroxyl groups excluding tert-OH is 1. The first-order valence-electron chi connectivity index (χ1n) is 10.2. The first kappa shape index (κ1) is 22.5. The van der Waals surface area contributed by atoms with Crippen LogP contribution in [0.4, 0.5) is 5.69 Å². The highest BCUT2D eigenvalue weighted by molar-refractivity contribution is 6.03. The van der Waals surface area contributed by atoms with Crippen molar-refractivity contribution in [3.05, 3.63) is 116 Å². The Morgan fingerprint density at radius 1 is 1.09 bits per heavy atom. The third kappa shape index (κ3) is 5.03. The van der Waals surface area contributed by atoms with E-state index in [2.05, 4.69) is 20.5 Å². The van der Waals surface area contributed by atoms with Gasteiger partial charge in [0.1, 0.15) is 11.8 Å². The van der Waals surface area contributed by atoms with Gasteiger partial charge in [0.05, 0.1) is 22.4 Å². The summed E-state index contributed by atoms with van der Waals surface area (Å²) in [6, 6.07) is 21.3. The molecule has 0 aliphatic rings. The van der Waals surface area contributed by atoms with Crippen LogP contribution in [-0.2, 0) is 11.2 Å². The van der Waals surface area contributed by atoms with Crippen LogP contribution in [0.2, 0.25) is 0 Å². The zero-order chi connectivity index (χ0) is 24.1. The number of H-pyrrole nitrogens is 1. The molecule has 170 valence electrons. The molecule has 1 atom stereocenters. The molecular weight excluding hydrogens is 438 g/mol. The summed E-state index contributed by atoms with van der Waals surface area (Å²) in [7, 11) is 0. The average Bonchev–Trinajstić information content (AvgIpc) is 2.85. The number of nitro groups is 1. The van der Waals surface area contributed by atoms with Gasteiger partial charge in [-0.2, -0.15) is 5.10 Å². The monoisotopic (exact) mass is 457 g/mol. The molecule has 0 unspecified atom stereocenters. The number of nitro benzene ring substituents is 1. The molecular formula is C24H19N5O5. The predicted molar refractivity (Wildman–Crippen MR) is 125 cm³/mol. The molecule has 34 heavy (non-hydrogen) atoms. The van der Waals surface area contributed by atoms with Crippen molar-refractivity contribution >= 4 is 28.3 Å². The Balaban J connectivity index is 1.73. The SMILES string of the molecule is O=C(Cc1ccccc1)N/N=C(\c1nc2ccc([N+](=O)[O-])cc2[nH]c1=O)[C@H](O)c1ccccc1. The van der Waals surface area contributed by atoms with Gasteiger partial charge in [-0.25, -0.2) is 10.4 Å². The van der Waals surface area contributed by atoms with E-state index >= 15 is 0 Å². The fraction of sp³-hybridized carbons (Fsp3) is 0.0833. The van der Waals surface area contributed by atoms with E-state index in [1.807, 2.05) is 6.07 Å². The fourth-order valence-electron chi connectivity index (χ4n) is 3.34. The van der Waals surface area contributed by atoms with Crippen LogP contribution in [0.25, 0.3) is 11.0 Å². The Morgan fingerprint density at radius 2 is 1.76 bits per heavy atom. The Hall–Kier alpha value is -4.70. The number of hydrazone groups is 1. The lowest BCUT2D eigenvalue weighted by Gasteiger charge is -2.14. The van der Waals surface area contributed by atoms with Gasteiger partial charge in [0, 0.05) is 12.1 Å². The Morgan fingerprint density at radius 3 is 2.44 bits per heavy atom. The molecule has 4 aromatic rings. The van der Waals surface area contributed by atoms with Gasteiger partial charge in [-0.15, -0.1) is 0 Å². The second kappa shape index (κ2) is 9.84. The summed E-state index contributed by atoms with van der Waals surface area (Å²) < 4.78 is 0. The number of benzene rings is 3. The van der Waals surface area contributed by atoms with Gasteiger partial charge in [0.25, 0.3) is 11.2 Å². The van der Waals surface area contributed by atoms with Gasteiger partial charge >= 0.3 is 0 Å². The molecule has 1 heterocycles. The number of aliphatic hydroxyl groups is 1. The lowest BCUT2D eigenvalue weighted by molar-refractivity contribution is -0.384. The van der Waals surface area contributed by atoms with E-state index in [1.165, 1.54) is 18.2 Å². The maximum Gasteiger partial charge on any atom is 0.276 e. The molecule has 0 aliphatic heterocycles. The van der Waals surface area contributed by atoms with E-state index in [-0.39, 0.29) is 34.5 Å². The van der Waals surface area contributed by atoms with Crippen LogP contribution < -0.4 is 11.0 Å². The number of aromatic amines is 1. The number of hydrogen-bond acceptors (Lipinski definition) is 7. The number of nitrogens with zero attached hydrogens (tertiary/aromatic N) is 3. The van der Waals surface area contributed by atoms with Gasteiger partial charge < -0.3 is 10.1 Å². The molecule has 1 amide bonds. The van der Waals surface area contributed by atoms with Crippen LogP contribution in [0.5, 0.6) is 0 Å². The molecule has 0 radical (unpaired) electrons. The molecule has 0 saturated heterocycles. The molecule has 0 bridgehead atoms. The van der Waals surface area contributed by atoms with Crippen molar-refractivity contribution in [3.8, 4) is 0 Å². The van der Waals surface area contributed by atoms with Crippen molar-refractivity contribution in [1.29, 1.82) is 0 Å². The summed E-state index contributed by atoms with van der Waals surface area (Å²) in [6.07, 6.45) is -1.33. The highest BCUT2D eigenvalue weighted by atomic mass is 16.6. The molecule has 3 aromatic carbocycles. The number of non-ortho nitro benzene ring substituents is 1. The molecule has 3 N–H and O–H groups in total. The van der Waals surface area contributed by atoms with Crippen LogP contribution in [-0.4, -0.2) is 31.6 Å². The van der Waals surface area contributed by atoms with E-state index in [4.69, 9.17) is 0 Å². The number of carbonyl (C=O) groups excluding carboxylic acids is 1. The summed E-state index contributed by atoms with van der Waals surface area (Å²) >= 11 is 0. The van der Waals surface area contributed by atoms with Gasteiger partial charge in [0.2, 0.25) is 5.91 Å². The van der Waals surface area contributed by atoms with Crippen molar-refractivity contribution in [3.63, 3.8) is 0 Å². The molecule has 0 aliphatic carbocycles. The predicted octanol–water partition coefficient (Wildman–Crippen LogP) is 2.63. The Kier molecular flexibility index (Phi) is 6.51. The van der Waals surface area contributed by atoms with E-state index in [1.54, 1.807) is 54.6 Å². The number of nitrogens with one attached hydrogen (secondary N) is 2. The van der Waals surface area contributed by atoms with E-state index in [9.17, 15) is 24.8 Å². The normalized spacial score (nSPS) is 12.3. The van der Waals surface area contributed by atoms with Crippen molar-refractivity contribution in [1.82, 2.24) is 15.4 Å². The summed E-state index contributed by atoms with van der Waals surface area (Å²) in [5.74, 6) is -0.447. The van der Waals surface area contributed by atoms with Gasteiger partial charge in [0.15, 0.2) is 5.69 Å². The minimum absolute atomic E-state index is 0.0459. The molecule has 10 nitrogen and oxygen atoms in total.